The van der Waals surface area contributed by atoms with Crippen LogP contribution in [0.15, 0.2) is 206 Å². The number of benzene rings is 8. The van der Waals surface area contributed by atoms with Crippen molar-refractivity contribution in [1.82, 2.24) is 4.57 Å². The van der Waals surface area contributed by atoms with Gasteiger partial charge in [-0.05, 0) is 99.6 Å². The minimum absolute atomic E-state index is 0.104. The van der Waals surface area contributed by atoms with Crippen molar-refractivity contribution in [2.75, 3.05) is 4.90 Å². The molecule has 0 bridgehead atoms. The molecule has 0 N–H and O–H groups in total. The van der Waals surface area contributed by atoms with Crippen LogP contribution in [0.4, 0.5) is 17.1 Å². The maximum atomic E-state index is 7.16. The van der Waals surface area contributed by atoms with Crippen molar-refractivity contribution >= 4 is 44.4 Å². The van der Waals surface area contributed by atoms with Gasteiger partial charge in [0.15, 0.2) is 0 Å². The highest BCUT2D eigenvalue weighted by atomic mass is 16.5. The van der Waals surface area contributed by atoms with Crippen molar-refractivity contribution in [2.45, 2.75) is 31.3 Å². The number of rotatable bonds is 6. The van der Waals surface area contributed by atoms with Gasteiger partial charge in [0.05, 0.1) is 16.4 Å². The Morgan fingerprint density at radius 1 is 0.533 bits per heavy atom. The van der Waals surface area contributed by atoms with E-state index >= 15 is 0 Å². The van der Waals surface area contributed by atoms with E-state index in [1.807, 2.05) is 0 Å². The molecule has 0 amide bonds. The normalized spacial score (nSPS) is 16.8. The smallest absolute Gasteiger partial charge is 0.135 e. The fraction of sp³-hybridized carbons (Fsp3) is 0.0877. The Hall–Kier alpha value is -7.36. The Bertz CT molecular complexity index is 3190. The zero-order chi connectivity index (χ0) is 40.0. The van der Waals surface area contributed by atoms with E-state index in [4.69, 9.17) is 4.74 Å². The van der Waals surface area contributed by atoms with Gasteiger partial charge in [-0.1, -0.05) is 159 Å². The van der Waals surface area contributed by atoms with Crippen molar-refractivity contribution in [3.63, 3.8) is 0 Å². The molecule has 1 aliphatic heterocycles. The van der Waals surface area contributed by atoms with Crippen LogP contribution < -0.4 is 9.64 Å². The highest BCUT2D eigenvalue weighted by molar-refractivity contribution is 6.13. The van der Waals surface area contributed by atoms with E-state index < -0.39 is 0 Å². The van der Waals surface area contributed by atoms with Gasteiger partial charge >= 0.3 is 0 Å². The van der Waals surface area contributed by atoms with Gasteiger partial charge in [-0.2, -0.15) is 0 Å². The molecule has 0 radical (unpaired) electrons. The molecule has 2 aliphatic carbocycles. The van der Waals surface area contributed by atoms with Crippen molar-refractivity contribution in [1.29, 1.82) is 0 Å². The quantitative estimate of drug-likeness (QED) is 0.168. The first kappa shape index (κ1) is 34.7. The molecule has 2 unspecified atom stereocenters. The number of hydrogen-bond donors (Lipinski definition) is 0. The third-order valence-electron chi connectivity index (χ3n) is 13.2. The fourth-order valence-corrected chi connectivity index (χ4v) is 10.3. The first-order chi connectivity index (χ1) is 29.5. The summed E-state index contributed by atoms with van der Waals surface area (Å²) in [5.41, 5.74) is 18.2. The van der Waals surface area contributed by atoms with Gasteiger partial charge in [-0.25, -0.2) is 0 Å². The van der Waals surface area contributed by atoms with Gasteiger partial charge in [0.2, 0.25) is 0 Å². The monoisotopic (exact) mass is 770 g/mol. The number of aromatic nitrogens is 1. The van der Waals surface area contributed by atoms with Gasteiger partial charge in [-0.3, -0.25) is 0 Å². The number of fused-ring (bicyclic) bond motifs is 10. The number of nitrogens with zero attached hydrogens (tertiary/aromatic N) is 2. The van der Waals surface area contributed by atoms with Crippen LogP contribution in [0.5, 0.6) is 5.75 Å². The van der Waals surface area contributed by atoms with Crippen molar-refractivity contribution in [3.8, 4) is 33.7 Å². The Morgan fingerprint density at radius 2 is 1.17 bits per heavy atom. The van der Waals surface area contributed by atoms with E-state index in [9.17, 15) is 0 Å². The second-order valence-corrected chi connectivity index (χ2v) is 16.8. The number of anilines is 3. The van der Waals surface area contributed by atoms with Crippen LogP contribution in [0.2, 0.25) is 0 Å². The summed E-state index contributed by atoms with van der Waals surface area (Å²) in [5.74, 6) is 1.12. The maximum Gasteiger partial charge on any atom is 0.135 e. The highest BCUT2D eigenvalue weighted by Crippen LogP contribution is 2.53. The Labute approximate surface area is 350 Å². The number of hydrogen-bond acceptors (Lipinski definition) is 2. The van der Waals surface area contributed by atoms with Gasteiger partial charge in [0.25, 0.3) is 0 Å². The predicted molar refractivity (Wildman–Crippen MR) is 249 cm³/mol. The average Bonchev–Trinajstić information content (AvgIpc) is 3.93. The summed E-state index contributed by atoms with van der Waals surface area (Å²) in [6.07, 6.45) is 6.64. The van der Waals surface area contributed by atoms with Crippen LogP contribution in [-0.4, -0.2) is 10.7 Å². The molecule has 60 heavy (non-hydrogen) atoms. The standard InChI is InChI=1S/C57H42N2O/c1-57(2)50-22-11-9-18-45(50)46-33-32-43(36-51(46)57)58(41-28-24-38(25-29-41)37-14-5-3-6-15-37)42-30-26-39(27-31-42)44-20-13-21-47-48-34-35-53-54(56(48)60-55(44)47)49-19-10-12-23-52(49)59(53)40-16-7-4-8-17-40/h3-36,47,55H,1-2H3. The number of para-hydroxylation sites is 2. The van der Waals surface area contributed by atoms with E-state index in [1.165, 1.54) is 66.4 Å². The molecule has 8 aromatic carbocycles. The highest BCUT2D eigenvalue weighted by Gasteiger charge is 2.39. The molecule has 0 saturated heterocycles. The second kappa shape index (κ2) is 13.3. The molecule has 2 heterocycles. The summed E-state index contributed by atoms with van der Waals surface area (Å²) < 4.78 is 9.52. The summed E-state index contributed by atoms with van der Waals surface area (Å²) in [7, 11) is 0. The van der Waals surface area contributed by atoms with Crippen molar-refractivity contribution < 1.29 is 4.74 Å². The van der Waals surface area contributed by atoms with E-state index in [0.717, 1.165) is 34.0 Å². The van der Waals surface area contributed by atoms with Crippen LogP contribution >= 0.6 is 0 Å². The minimum Gasteiger partial charge on any atom is -0.484 e. The van der Waals surface area contributed by atoms with Crippen LogP contribution in [0.1, 0.15) is 42.0 Å². The Kier molecular flexibility index (Phi) is 7.71. The third kappa shape index (κ3) is 5.22. The largest absolute Gasteiger partial charge is 0.484 e. The molecule has 9 aromatic rings. The van der Waals surface area contributed by atoms with Crippen LogP contribution in [-0.2, 0) is 5.41 Å². The summed E-state index contributed by atoms with van der Waals surface area (Å²) in [4.78, 5) is 2.40. The summed E-state index contributed by atoms with van der Waals surface area (Å²) in [6.45, 7) is 4.70. The summed E-state index contributed by atoms with van der Waals surface area (Å²) in [6, 6.07) is 68.5. The minimum atomic E-state index is -0.123. The van der Waals surface area contributed by atoms with Gasteiger partial charge in [-0.15, -0.1) is 0 Å². The lowest BCUT2D eigenvalue weighted by Crippen LogP contribution is -2.21. The third-order valence-corrected chi connectivity index (χ3v) is 13.2. The molecule has 1 aromatic heterocycles. The van der Waals surface area contributed by atoms with Gasteiger partial charge < -0.3 is 14.2 Å². The maximum absolute atomic E-state index is 7.16. The number of ether oxygens (including phenoxy) is 1. The molecule has 12 rings (SSSR count). The Balaban J connectivity index is 0.924. The first-order valence-corrected chi connectivity index (χ1v) is 21.0. The van der Waals surface area contributed by atoms with E-state index in [1.54, 1.807) is 0 Å². The lowest BCUT2D eigenvalue weighted by atomic mass is 9.82. The van der Waals surface area contributed by atoms with Gasteiger partial charge in [0, 0.05) is 50.6 Å². The number of allylic oxidation sites excluding steroid dienone is 2. The lowest BCUT2D eigenvalue weighted by Gasteiger charge is -2.29. The van der Waals surface area contributed by atoms with Gasteiger partial charge in [0.1, 0.15) is 11.9 Å². The lowest BCUT2D eigenvalue weighted by molar-refractivity contribution is 0.281. The molecule has 286 valence electrons. The zero-order valence-corrected chi connectivity index (χ0v) is 33.6. The second-order valence-electron chi connectivity index (χ2n) is 16.8. The van der Waals surface area contributed by atoms with Crippen molar-refractivity contribution in [3.05, 3.63) is 229 Å². The topological polar surface area (TPSA) is 17.4 Å². The molecule has 0 spiro atoms. The molecule has 0 fully saturated rings. The summed E-state index contributed by atoms with van der Waals surface area (Å²) in [5, 5.41) is 2.39. The first-order valence-electron chi connectivity index (χ1n) is 21.0. The summed E-state index contributed by atoms with van der Waals surface area (Å²) >= 11 is 0. The molecule has 2 atom stereocenters. The molecule has 3 heteroatoms. The Morgan fingerprint density at radius 3 is 1.95 bits per heavy atom. The van der Waals surface area contributed by atoms with Crippen molar-refractivity contribution in [2.24, 2.45) is 0 Å². The average molecular weight is 771 g/mol. The fourth-order valence-electron chi connectivity index (χ4n) is 10.3. The van der Waals surface area contributed by atoms with Crippen LogP contribution in [0, 0.1) is 0 Å². The van der Waals surface area contributed by atoms with Crippen LogP contribution in [0.25, 0.3) is 55.3 Å². The van der Waals surface area contributed by atoms with E-state index in [-0.39, 0.29) is 17.4 Å². The SMILES string of the molecule is CC1(C)c2ccccc2-c2ccc(N(c3ccc(C4=CC=CC5c6ccc7c(c6OC45)c4ccccc4n7-c4ccccc4)cc3)c3ccc(-c4ccccc4)cc3)cc21. The molecular weight excluding hydrogens is 729 g/mol. The molecule has 3 aliphatic rings. The van der Waals surface area contributed by atoms with E-state index in [2.05, 4.69) is 230 Å². The van der Waals surface area contributed by atoms with Crippen LogP contribution in [0.3, 0.4) is 0 Å². The molecule has 0 saturated carbocycles. The predicted octanol–water partition coefficient (Wildman–Crippen LogP) is 14.7. The molecule has 3 nitrogen and oxygen atoms in total. The zero-order valence-electron chi connectivity index (χ0n) is 33.6. The van der Waals surface area contributed by atoms with E-state index in [0.29, 0.717) is 0 Å². The molecular formula is C57H42N2O.